The fraction of sp³-hybridized carbons (Fsp3) is 0.909. The average Bonchev–Trinajstić information content (AvgIpc) is 2.01. The quantitative estimate of drug-likeness (QED) is 0.749. The first-order valence-corrected chi connectivity index (χ1v) is 5.42. The lowest BCUT2D eigenvalue weighted by Crippen LogP contribution is -2.44. The van der Waals surface area contributed by atoms with Crippen LogP contribution >= 0.6 is 0 Å². The van der Waals surface area contributed by atoms with Gasteiger partial charge in [-0.25, -0.2) is 0 Å². The van der Waals surface area contributed by atoms with E-state index in [-0.39, 0.29) is 11.9 Å². The number of rotatable bonds is 3. The zero-order chi connectivity index (χ0) is 10.8. The van der Waals surface area contributed by atoms with Crippen molar-refractivity contribution in [2.24, 2.45) is 0 Å². The Morgan fingerprint density at radius 1 is 1.50 bits per heavy atom. The monoisotopic (exact) mass is 199 g/mol. The zero-order valence-electron chi connectivity index (χ0n) is 9.42. The maximum Gasteiger partial charge on any atom is 0.222 e. The van der Waals surface area contributed by atoms with Crippen molar-refractivity contribution >= 4 is 5.91 Å². The van der Waals surface area contributed by atoms with E-state index < -0.39 is 5.60 Å². The zero-order valence-corrected chi connectivity index (χ0v) is 9.42. The number of hydrogen-bond acceptors (Lipinski definition) is 2. The molecule has 1 unspecified atom stereocenters. The molecule has 1 fully saturated rings. The Bertz CT molecular complexity index is 208. The molecule has 82 valence electrons. The first-order chi connectivity index (χ1) is 6.40. The molecule has 3 heteroatoms. The fourth-order valence-corrected chi connectivity index (χ4v) is 2.13. The van der Waals surface area contributed by atoms with E-state index in [2.05, 4.69) is 0 Å². The molecule has 0 aromatic rings. The predicted molar refractivity (Wildman–Crippen MR) is 55.9 cm³/mol. The van der Waals surface area contributed by atoms with Gasteiger partial charge in [0.25, 0.3) is 0 Å². The summed E-state index contributed by atoms with van der Waals surface area (Å²) in [4.78, 5) is 13.5. The van der Waals surface area contributed by atoms with Crippen molar-refractivity contribution in [3.05, 3.63) is 0 Å². The highest BCUT2D eigenvalue weighted by atomic mass is 16.3. The molecule has 0 spiro atoms. The van der Waals surface area contributed by atoms with Crippen LogP contribution in [-0.2, 0) is 4.79 Å². The lowest BCUT2D eigenvalue weighted by atomic mass is 9.97. The van der Waals surface area contributed by atoms with E-state index in [0.717, 1.165) is 19.4 Å². The minimum atomic E-state index is -0.683. The van der Waals surface area contributed by atoms with E-state index in [0.29, 0.717) is 12.8 Å². The summed E-state index contributed by atoms with van der Waals surface area (Å²) >= 11 is 0. The van der Waals surface area contributed by atoms with Crippen molar-refractivity contribution in [3.63, 3.8) is 0 Å². The summed E-state index contributed by atoms with van der Waals surface area (Å²) in [7, 11) is 0. The molecule has 0 aromatic carbocycles. The Morgan fingerprint density at radius 2 is 2.14 bits per heavy atom. The Labute approximate surface area is 86.1 Å². The minimum absolute atomic E-state index is 0.155. The standard InChI is InChI=1S/C11H21NO2/c1-9(8-11(2,3)14)12-7-5-4-6-10(12)13/h9,14H,4-8H2,1-3H3. The van der Waals surface area contributed by atoms with Gasteiger partial charge in [-0.15, -0.1) is 0 Å². The average molecular weight is 199 g/mol. The molecule has 0 radical (unpaired) electrons. The van der Waals surface area contributed by atoms with E-state index in [1.807, 2.05) is 11.8 Å². The summed E-state index contributed by atoms with van der Waals surface area (Å²) in [5.74, 6) is 0.244. The first-order valence-electron chi connectivity index (χ1n) is 5.42. The van der Waals surface area contributed by atoms with Gasteiger partial charge in [-0.3, -0.25) is 4.79 Å². The topological polar surface area (TPSA) is 40.5 Å². The summed E-state index contributed by atoms with van der Waals surface area (Å²) in [6, 6.07) is 0.155. The van der Waals surface area contributed by atoms with Crippen LogP contribution in [0.1, 0.15) is 46.5 Å². The van der Waals surface area contributed by atoms with Crippen molar-refractivity contribution in [2.75, 3.05) is 6.54 Å². The molecule has 1 saturated heterocycles. The highest BCUT2D eigenvalue weighted by molar-refractivity contribution is 5.77. The summed E-state index contributed by atoms with van der Waals surface area (Å²) < 4.78 is 0. The van der Waals surface area contributed by atoms with Gasteiger partial charge in [-0.2, -0.15) is 0 Å². The molecule has 0 bridgehead atoms. The van der Waals surface area contributed by atoms with E-state index in [1.165, 1.54) is 0 Å². The molecule has 3 nitrogen and oxygen atoms in total. The number of hydrogen-bond donors (Lipinski definition) is 1. The van der Waals surface area contributed by atoms with Crippen molar-refractivity contribution < 1.29 is 9.90 Å². The van der Waals surface area contributed by atoms with Crippen molar-refractivity contribution in [1.82, 2.24) is 4.90 Å². The highest BCUT2D eigenvalue weighted by Crippen LogP contribution is 2.20. The van der Waals surface area contributed by atoms with Crippen molar-refractivity contribution in [3.8, 4) is 0 Å². The third-order valence-corrected chi connectivity index (χ3v) is 2.69. The van der Waals surface area contributed by atoms with E-state index in [9.17, 15) is 9.90 Å². The Hall–Kier alpha value is -0.570. The van der Waals surface area contributed by atoms with Crippen molar-refractivity contribution in [1.29, 1.82) is 0 Å². The van der Waals surface area contributed by atoms with Gasteiger partial charge in [0, 0.05) is 19.0 Å². The second-order valence-corrected chi connectivity index (χ2v) is 4.91. The highest BCUT2D eigenvalue weighted by Gasteiger charge is 2.26. The summed E-state index contributed by atoms with van der Waals surface area (Å²) in [5, 5.41) is 9.67. The Balaban J connectivity index is 2.50. The summed E-state index contributed by atoms with van der Waals surface area (Å²) in [6.07, 6.45) is 3.45. The smallest absolute Gasteiger partial charge is 0.222 e. The summed E-state index contributed by atoms with van der Waals surface area (Å²) in [5.41, 5.74) is -0.683. The van der Waals surface area contributed by atoms with Gasteiger partial charge < -0.3 is 10.0 Å². The molecule has 14 heavy (non-hydrogen) atoms. The predicted octanol–water partition coefficient (Wildman–Crippen LogP) is 1.55. The van der Waals surface area contributed by atoms with Crippen LogP contribution in [0.3, 0.4) is 0 Å². The van der Waals surface area contributed by atoms with Gasteiger partial charge in [0.15, 0.2) is 0 Å². The molecule has 1 rings (SSSR count). The SMILES string of the molecule is CC(CC(C)(C)O)N1CCCCC1=O. The molecule has 0 aliphatic carbocycles. The third-order valence-electron chi connectivity index (χ3n) is 2.69. The molecular weight excluding hydrogens is 178 g/mol. The van der Waals surface area contributed by atoms with Crippen LogP contribution in [0, 0.1) is 0 Å². The molecule has 0 aromatic heterocycles. The summed E-state index contributed by atoms with van der Waals surface area (Å²) in [6.45, 7) is 6.45. The molecule has 1 N–H and O–H groups in total. The maximum atomic E-state index is 11.6. The lowest BCUT2D eigenvalue weighted by Gasteiger charge is -2.35. The number of amides is 1. The number of carbonyl (C=O) groups excluding carboxylic acids is 1. The van der Waals surface area contributed by atoms with Gasteiger partial charge >= 0.3 is 0 Å². The molecule has 1 amide bonds. The molecular formula is C11H21NO2. The van der Waals surface area contributed by atoms with Crippen LogP contribution in [0.4, 0.5) is 0 Å². The van der Waals surface area contributed by atoms with Crippen LogP contribution in [-0.4, -0.2) is 34.1 Å². The van der Waals surface area contributed by atoms with Gasteiger partial charge in [-0.05, 0) is 40.0 Å². The van der Waals surface area contributed by atoms with Gasteiger partial charge in [0.1, 0.15) is 0 Å². The van der Waals surface area contributed by atoms with Crippen molar-refractivity contribution in [2.45, 2.75) is 58.1 Å². The second kappa shape index (κ2) is 4.30. The number of piperidine rings is 1. The molecule has 1 aliphatic heterocycles. The molecule has 1 aliphatic rings. The first kappa shape index (κ1) is 11.5. The van der Waals surface area contributed by atoms with E-state index in [4.69, 9.17) is 0 Å². The molecule has 1 atom stereocenters. The number of aliphatic hydroxyl groups is 1. The number of nitrogens with zero attached hydrogens (tertiary/aromatic N) is 1. The van der Waals surface area contributed by atoms with Crippen LogP contribution < -0.4 is 0 Å². The fourth-order valence-electron chi connectivity index (χ4n) is 2.13. The van der Waals surface area contributed by atoms with Crippen LogP contribution in [0.25, 0.3) is 0 Å². The Morgan fingerprint density at radius 3 is 2.64 bits per heavy atom. The normalized spacial score (nSPS) is 21.1. The van der Waals surface area contributed by atoms with Crippen LogP contribution in [0.2, 0.25) is 0 Å². The number of likely N-dealkylation sites (tertiary alicyclic amines) is 1. The van der Waals surface area contributed by atoms with Crippen LogP contribution in [0.5, 0.6) is 0 Å². The maximum absolute atomic E-state index is 11.6. The van der Waals surface area contributed by atoms with Gasteiger partial charge in [0.05, 0.1) is 5.60 Å². The third kappa shape index (κ3) is 3.29. The van der Waals surface area contributed by atoms with Gasteiger partial charge in [-0.1, -0.05) is 0 Å². The van der Waals surface area contributed by atoms with E-state index >= 15 is 0 Å². The van der Waals surface area contributed by atoms with Gasteiger partial charge in [0.2, 0.25) is 5.91 Å². The van der Waals surface area contributed by atoms with Crippen LogP contribution in [0.15, 0.2) is 0 Å². The number of carbonyl (C=O) groups is 1. The minimum Gasteiger partial charge on any atom is -0.390 e. The Kier molecular flexibility index (Phi) is 3.53. The molecule has 1 heterocycles. The van der Waals surface area contributed by atoms with E-state index in [1.54, 1.807) is 13.8 Å². The second-order valence-electron chi connectivity index (χ2n) is 4.91. The largest absolute Gasteiger partial charge is 0.390 e. The molecule has 0 saturated carbocycles. The lowest BCUT2D eigenvalue weighted by molar-refractivity contribution is -0.136.